The number of hydrogen-bond acceptors (Lipinski definition) is 5. The van der Waals surface area contributed by atoms with Crippen LogP contribution in [0.1, 0.15) is 38.5 Å². The highest BCUT2D eigenvalue weighted by atomic mass is 32.2. The van der Waals surface area contributed by atoms with Crippen molar-refractivity contribution in [3.05, 3.63) is 18.3 Å². The van der Waals surface area contributed by atoms with Gasteiger partial charge in [0.25, 0.3) is 0 Å². The minimum atomic E-state index is -3.28. The molecule has 0 aromatic carbocycles. The number of nitrogens with zero attached hydrogens (tertiary/aromatic N) is 2. The molecule has 0 atom stereocenters. The van der Waals surface area contributed by atoms with Crippen molar-refractivity contribution < 1.29 is 8.42 Å². The molecule has 1 aliphatic carbocycles. The second-order valence-electron chi connectivity index (χ2n) is 5.72. The smallest absolute Gasteiger partial charge is 0.179 e. The molecule has 1 fully saturated rings. The second kappa shape index (κ2) is 7.22. The fraction of sp³-hybridized carbons (Fsp3) is 0.667. The van der Waals surface area contributed by atoms with Crippen LogP contribution in [0.4, 0.5) is 5.82 Å². The molecule has 2 N–H and O–H groups in total. The van der Waals surface area contributed by atoms with Gasteiger partial charge in [-0.3, -0.25) is 0 Å². The topological polar surface area (TPSA) is 76.3 Å². The normalized spacial score (nSPS) is 16.9. The highest BCUT2D eigenvalue weighted by Crippen LogP contribution is 2.30. The van der Waals surface area contributed by atoms with Gasteiger partial charge in [0.2, 0.25) is 0 Å². The number of sulfone groups is 1. The van der Waals surface area contributed by atoms with Crippen molar-refractivity contribution in [3.63, 3.8) is 0 Å². The summed E-state index contributed by atoms with van der Waals surface area (Å²) in [5.74, 6) is 0.598. The highest BCUT2D eigenvalue weighted by molar-refractivity contribution is 7.90. The van der Waals surface area contributed by atoms with Crippen LogP contribution in [0.5, 0.6) is 0 Å². The first-order valence-corrected chi connectivity index (χ1v) is 9.55. The molecule has 0 unspecified atom stereocenters. The monoisotopic (exact) mass is 311 g/mol. The first-order chi connectivity index (χ1) is 10.0. The first-order valence-electron chi connectivity index (χ1n) is 7.66. The molecular weight excluding hydrogens is 286 g/mol. The number of rotatable bonds is 6. The maximum atomic E-state index is 12.0. The van der Waals surface area contributed by atoms with E-state index in [-0.39, 0.29) is 0 Å². The largest absolute Gasteiger partial charge is 0.353 e. The minimum Gasteiger partial charge on any atom is -0.353 e. The number of hydrogen-bond donors (Lipinski definition) is 1. The molecule has 5 nitrogen and oxygen atoms in total. The molecule has 1 aromatic rings. The average molecular weight is 311 g/mol. The van der Waals surface area contributed by atoms with Crippen LogP contribution in [-0.4, -0.2) is 38.8 Å². The molecule has 2 rings (SSSR count). The Morgan fingerprint density at radius 3 is 2.67 bits per heavy atom. The molecule has 21 heavy (non-hydrogen) atoms. The van der Waals surface area contributed by atoms with E-state index in [1.54, 1.807) is 18.3 Å². The number of pyridine rings is 1. The van der Waals surface area contributed by atoms with Gasteiger partial charge < -0.3 is 10.6 Å². The molecule has 0 amide bonds. The van der Waals surface area contributed by atoms with Gasteiger partial charge in [-0.1, -0.05) is 19.3 Å². The van der Waals surface area contributed by atoms with E-state index in [0.717, 1.165) is 25.8 Å². The molecule has 0 radical (unpaired) electrons. The fourth-order valence-corrected chi connectivity index (χ4v) is 3.83. The zero-order chi connectivity index (χ0) is 15.3. The lowest BCUT2D eigenvalue weighted by Crippen LogP contribution is -2.39. The third-order valence-corrected chi connectivity index (χ3v) is 5.16. The third kappa shape index (κ3) is 4.17. The molecule has 1 aliphatic rings. The molecule has 1 heterocycles. The van der Waals surface area contributed by atoms with E-state index in [1.165, 1.54) is 25.5 Å². The predicted molar refractivity (Wildman–Crippen MR) is 85.2 cm³/mol. The molecule has 1 saturated carbocycles. The van der Waals surface area contributed by atoms with Crippen LogP contribution in [0.2, 0.25) is 0 Å². The summed E-state index contributed by atoms with van der Waals surface area (Å²) in [5.41, 5.74) is 5.64. The molecule has 1 aromatic heterocycles. The zero-order valence-corrected chi connectivity index (χ0v) is 13.5. The van der Waals surface area contributed by atoms with Gasteiger partial charge in [0.15, 0.2) is 9.84 Å². The molecule has 6 heteroatoms. The van der Waals surface area contributed by atoms with Crippen molar-refractivity contribution in [1.29, 1.82) is 0 Å². The second-order valence-corrected chi connectivity index (χ2v) is 7.71. The lowest BCUT2D eigenvalue weighted by atomic mass is 9.94. The van der Waals surface area contributed by atoms with Gasteiger partial charge in [0.05, 0.1) is 0 Å². The summed E-state index contributed by atoms with van der Waals surface area (Å²) in [4.78, 5) is 6.88. The Bertz CT molecular complexity index is 554. The van der Waals surface area contributed by atoms with E-state index in [0.29, 0.717) is 23.3 Å². The Morgan fingerprint density at radius 1 is 1.33 bits per heavy atom. The van der Waals surface area contributed by atoms with Crippen LogP contribution >= 0.6 is 0 Å². The van der Waals surface area contributed by atoms with Gasteiger partial charge in [-0.25, -0.2) is 13.4 Å². The Hall–Kier alpha value is -1.14. The van der Waals surface area contributed by atoms with Crippen molar-refractivity contribution in [2.75, 3.05) is 24.2 Å². The van der Waals surface area contributed by atoms with Gasteiger partial charge in [-0.2, -0.15) is 0 Å². The van der Waals surface area contributed by atoms with E-state index in [1.807, 2.05) is 0 Å². The van der Waals surface area contributed by atoms with E-state index < -0.39 is 9.84 Å². The standard InChI is InChI=1S/C15H25N3O2S/c1-21(19,20)14-9-5-11-17-15(14)18(12-6-10-16)13-7-3-2-4-8-13/h5,9,11,13H,2-4,6-8,10,12,16H2,1H3. The van der Waals surface area contributed by atoms with Gasteiger partial charge >= 0.3 is 0 Å². The van der Waals surface area contributed by atoms with Crippen molar-refractivity contribution in [2.24, 2.45) is 5.73 Å². The fourth-order valence-electron chi connectivity index (χ4n) is 3.00. The van der Waals surface area contributed by atoms with Gasteiger partial charge in [0.1, 0.15) is 10.7 Å². The first kappa shape index (κ1) is 16.2. The number of nitrogens with two attached hydrogens (primary N) is 1. The van der Waals surface area contributed by atoms with Crippen molar-refractivity contribution in [2.45, 2.75) is 49.5 Å². The SMILES string of the molecule is CS(=O)(=O)c1cccnc1N(CCCN)C1CCCCC1. The lowest BCUT2D eigenvalue weighted by molar-refractivity contribution is 0.409. The van der Waals surface area contributed by atoms with E-state index >= 15 is 0 Å². The van der Waals surface area contributed by atoms with Gasteiger partial charge in [-0.15, -0.1) is 0 Å². The summed E-state index contributed by atoms with van der Waals surface area (Å²) in [6, 6.07) is 3.71. The molecular formula is C15H25N3O2S. The Kier molecular flexibility index (Phi) is 5.58. The Labute approximate surface area is 127 Å². The molecule has 0 bridgehead atoms. The van der Waals surface area contributed by atoms with E-state index in [4.69, 9.17) is 5.73 Å². The third-order valence-electron chi connectivity index (χ3n) is 4.04. The Morgan fingerprint density at radius 2 is 2.05 bits per heavy atom. The van der Waals surface area contributed by atoms with E-state index in [9.17, 15) is 8.42 Å². The summed E-state index contributed by atoms with van der Waals surface area (Å²) in [6.07, 6.45) is 9.63. The maximum Gasteiger partial charge on any atom is 0.179 e. The van der Waals surface area contributed by atoms with Crippen LogP contribution in [0, 0.1) is 0 Å². The summed E-state index contributed by atoms with van der Waals surface area (Å²) < 4.78 is 24.0. The predicted octanol–water partition coefficient (Wildman–Crippen LogP) is 1.97. The van der Waals surface area contributed by atoms with Crippen molar-refractivity contribution in [1.82, 2.24) is 4.98 Å². The van der Waals surface area contributed by atoms with Crippen LogP contribution in [0.15, 0.2) is 23.2 Å². The summed E-state index contributed by atoms with van der Waals surface area (Å²) >= 11 is 0. The zero-order valence-electron chi connectivity index (χ0n) is 12.7. The lowest BCUT2D eigenvalue weighted by Gasteiger charge is -2.36. The maximum absolute atomic E-state index is 12.0. The van der Waals surface area contributed by atoms with Crippen LogP contribution in [0.3, 0.4) is 0 Å². The summed E-state index contributed by atoms with van der Waals surface area (Å²) in [6.45, 7) is 1.37. The van der Waals surface area contributed by atoms with Crippen LogP contribution in [-0.2, 0) is 9.84 Å². The Balaban J connectivity index is 2.36. The molecule has 118 valence electrons. The van der Waals surface area contributed by atoms with Crippen molar-refractivity contribution >= 4 is 15.7 Å². The quantitative estimate of drug-likeness (QED) is 0.869. The van der Waals surface area contributed by atoms with Gasteiger partial charge in [0, 0.05) is 25.0 Å². The molecule has 0 spiro atoms. The summed E-state index contributed by atoms with van der Waals surface area (Å²) in [7, 11) is -3.28. The van der Waals surface area contributed by atoms with E-state index in [2.05, 4.69) is 9.88 Å². The molecule has 0 aliphatic heterocycles. The van der Waals surface area contributed by atoms with Crippen LogP contribution in [0.25, 0.3) is 0 Å². The van der Waals surface area contributed by atoms with Crippen LogP contribution < -0.4 is 10.6 Å². The number of anilines is 1. The minimum absolute atomic E-state index is 0.326. The average Bonchev–Trinajstić information content (AvgIpc) is 2.48. The number of aromatic nitrogens is 1. The van der Waals surface area contributed by atoms with Crippen molar-refractivity contribution in [3.8, 4) is 0 Å². The van der Waals surface area contributed by atoms with Gasteiger partial charge in [-0.05, 0) is 37.9 Å². The summed E-state index contributed by atoms with van der Waals surface area (Å²) in [5, 5.41) is 0. The highest BCUT2D eigenvalue weighted by Gasteiger charge is 2.26. The molecule has 0 saturated heterocycles.